The minimum atomic E-state index is 0.565. The molecule has 19 heavy (non-hydrogen) atoms. The molecule has 0 bridgehead atoms. The summed E-state index contributed by atoms with van der Waals surface area (Å²) in [5.74, 6) is 0.725. The first-order valence-corrected chi connectivity index (χ1v) is 7.20. The van der Waals surface area contributed by atoms with Crippen LogP contribution in [0.3, 0.4) is 0 Å². The SMILES string of the molecule is Cc1ccc(OCCNc2cccc(Br)c2)c(Cl)c1. The Bertz CT molecular complexity index is 560. The van der Waals surface area contributed by atoms with Crippen LogP contribution < -0.4 is 10.1 Å². The molecule has 0 heterocycles. The molecule has 0 atom stereocenters. The van der Waals surface area contributed by atoms with Gasteiger partial charge in [0.05, 0.1) is 5.02 Å². The highest BCUT2D eigenvalue weighted by Crippen LogP contribution is 2.25. The molecule has 4 heteroatoms. The van der Waals surface area contributed by atoms with Crippen molar-refractivity contribution in [3.05, 3.63) is 57.5 Å². The Labute approximate surface area is 126 Å². The fourth-order valence-corrected chi connectivity index (χ4v) is 2.37. The highest BCUT2D eigenvalue weighted by Gasteiger charge is 2.01. The van der Waals surface area contributed by atoms with E-state index in [1.807, 2.05) is 49.4 Å². The standard InChI is InChI=1S/C15H15BrClNO/c1-11-5-6-15(14(17)9-11)19-8-7-18-13-4-2-3-12(16)10-13/h2-6,9-10,18H,7-8H2,1H3. The van der Waals surface area contributed by atoms with Gasteiger partial charge in [0.25, 0.3) is 0 Å². The maximum absolute atomic E-state index is 6.09. The first kappa shape index (κ1) is 14.2. The Morgan fingerprint density at radius 2 is 2.05 bits per heavy atom. The van der Waals surface area contributed by atoms with Crippen molar-refractivity contribution < 1.29 is 4.74 Å². The lowest BCUT2D eigenvalue weighted by Crippen LogP contribution is -2.11. The molecule has 2 aromatic carbocycles. The second-order valence-electron chi connectivity index (χ2n) is 4.22. The van der Waals surface area contributed by atoms with E-state index in [2.05, 4.69) is 21.2 Å². The van der Waals surface area contributed by atoms with Gasteiger partial charge in [-0.05, 0) is 42.8 Å². The van der Waals surface area contributed by atoms with Crippen LogP contribution in [0, 0.1) is 6.92 Å². The minimum Gasteiger partial charge on any atom is -0.490 e. The lowest BCUT2D eigenvalue weighted by Gasteiger charge is -2.10. The zero-order chi connectivity index (χ0) is 13.7. The fraction of sp³-hybridized carbons (Fsp3) is 0.200. The first-order valence-electron chi connectivity index (χ1n) is 6.03. The Kier molecular flexibility index (Phi) is 5.11. The lowest BCUT2D eigenvalue weighted by atomic mass is 10.2. The van der Waals surface area contributed by atoms with Gasteiger partial charge in [0.1, 0.15) is 12.4 Å². The van der Waals surface area contributed by atoms with E-state index in [1.54, 1.807) is 0 Å². The van der Waals surface area contributed by atoms with Crippen molar-refractivity contribution in [1.29, 1.82) is 0 Å². The molecule has 0 saturated heterocycles. The van der Waals surface area contributed by atoms with Crippen molar-refractivity contribution in [3.8, 4) is 5.75 Å². The summed E-state index contributed by atoms with van der Waals surface area (Å²) in [5.41, 5.74) is 2.19. The zero-order valence-corrected chi connectivity index (χ0v) is 13.0. The van der Waals surface area contributed by atoms with Crippen molar-refractivity contribution in [3.63, 3.8) is 0 Å². The lowest BCUT2D eigenvalue weighted by molar-refractivity contribution is 0.333. The zero-order valence-electron chi connectivity index (χ0n) is 10.6. The van der Waals surface area contributed by atoms with E-state index in [-0.39, 0.29) is 0 Å². The molecule has 0 aromatic heterocycles. The first-order chi connectivity index (χ1) is 9.15. The molecule has 0 radical (unpaired) electrons. The van der Waals surface area contributed by atoms with Gasteiger partial charge in [-0.3, -0.25) is 0 Å². The largest absolute Gasteiger partial charge is 0.490 e. The van der Waals surface area contributed by atoms with Gasteiger partial charge in [0, 0.05) is 16.7 Å². The summed E-state index contributed by atoms with van der Waals surface area (Å²) in [6.45, 7) is 3.29. The van der Waals surface area contributed by atoms with Crippen molar-refractivity contribution in [2.24, 2.45) is 0 Å². The van der Waals surface area contributed by atoms with Crippen LogP contribution in [0.5, 0.6) is 5.75 Å². The molecule has 1 N–H and O–H groups in total. The summed E-state index contributed by atoms with van der Waals surface area (Å²) in [5, 5.41) is 3.94. The maximum Gasteiger partial charge on any atom is 0.137 e. The third kappa shape index (κ3) is 4.44. The van der Waals surface area contributed by atoms with E-state index in [4.69, 9.17) is 16.3 Å². The van der Waals surface area contributed by atoms with E-state index >= 15 is 0 Å². The third-order valence-corrected chi connectivity index (χ3v) is 3.39. The number of benzene rings is 2. The highest BCUT2D eigenvalue weighted by atomic mass is 79.9. The fourth-order valence-electron chi connectivity index (χ4n) is 1.68. The number of nitrogens with one attached hydrogen (secondary N) is 1. The Morgan fingerprint density at radius 1 is 1.21 bits per heavy atom. The van der Waals surface area contributed by atoms with Crippen LogP contribution in [-0.4, -0.2) is 13.2 Å². The van der Waals surface area contributed by atoms with Gasteiger partial charge < -0.3 is 10.1 Å². The van der Waals surface area contributed by atoms with E-state index in [9.17, 15) is 0 Å². The number of rotatable bonds is 5. The molecule has 2 aromatic rings. The molecule has 0 saturated carbocycles. The molecule has 0 amide bonds. The van der Waals surface area contributed by atoms with Gasteiger partial charge in [-0.25, -0.2) is 0 Å². The predicted octanol–water partition coefficient (Wildman–Crippen LogP) is 4.90. The minimum absolute atomic E-state index is 0.565. The van der Waals surface area contributed by atoms with Crippen LogP contribution in [0.15, 0.2) is 46.9 Å². The molecule has 0 fully saturated rings. The Morgan fingerprint density at radius 3 is 2.79 bits per heavy atom. The summed E-state index contributed by atoms with van der Waals surface area (Å²) in [4.78, 5) is 0. The van der Waals surface area contributed by atoms with Crippen LogP contribution in [0.2, 0.25) is 5.02 Å². The molecule has 0 aliphatic heterocycles. The molecule has 0 spiro atoms. The molecule has 0 aliphatic carbocycles. The van der Waals surface area contributed by atoms with Crippen molar-refractivity contribution in [2.45, 2.75) is 6.92 Å². The predicted molar refractivity (Wildman–Crippen MR) is 84.3 cm³/mol. The van der Waals surface area contributed by atoms with Gasteiger partial charge >= 0.3 is 0 Å². The molecule has 2 rings (SSSR count). The van der Waals surface area contributed by atoms with Gasteiger partial charge in [-0.15, -0.1) is 0 Å². The molecule has 2 nitrogen and oxygen atoms in total. The molecule has 100 valence electrons. The van der Waals surface area contributed by atoms with Crippen LogP contribution in [0.4, 0.5) is 5.69 Å². The molecule has 0 aliphatic rings. The van der Waals surface area contributed by atoms with E-state index in [1.165, 1.54) is 0 Å². The quantitative estimate of drug-likeness (QED) is 0.782. The van der Waals surface area contributed by atoms with Gasteiger partial charge in [0.2, 0.25) is 0 Å². The summed E-state index contributed by atoms with van der Waals surface area (Å²) in [6.07, 6.45) is 0. The Hall–Kier alpha value is -1.19. The second-order valence-corrected chi connectivity index (χ2v) is 5.54. The number of ether oxygens (including phenoxy) is 1. The molecular weight excluding hydrogens is 326 g/mol. The topological polar surface area (TPSA) is 21.3 Å². The Balaban J connectivity index is 1.81. The summed E-state index contributed by atoms with van der Waals surface area (Å²) >= 11 is 9.53. The number of hydrogen-bond donors (Lipinski definition) is 1. The van der Waals surface area contributed by atoms with Crippen molar-refractivity contribution in [2.75, 3.05) is 18.5 Å². The monoisotopic (exact) mass is 339 g/mol. The molecular formula is C15H15BrClNO. The normalized spacial score (nSPS) is 10.3. The number of halogens is 2. The van der Waals surface area contributed by atoms with Crippen molar-refractivity contribution >= 4 is 33.2 Å². The van der Waals surface area contributed by atoms with Crippen LogP contribution in [0.1, 0.15) is 5.56 Å². The maximum atomic E-state index is 6.09. The van der Waals surface area contributed by atoms with Crippen molar-refractivity contribution in [1.82, 2.24) is 0 Å². The van der Waals surface area contributed by atoms with E-state index in [0.717, 1.165) is 28.0 Å². The number of anilines is 1. The van der Waals surface area contributed by atoms with E-state index in [0.29, 0.717) is 11.6 Å². The number of aryl methyl sites for hydroxylation is 1. The smallest absolute Gasteiger partial charge is 0.137 e. The summed E-state index contributed by atoms with van der Waals surface area (Å²) in [7, 11) is 0. The van der Waals surface area contributed by atoms with E-state index < -0.39 is 0 Å². The van der Waals surface area contributed by atoms with Crippen LogP contribution in [0.25, 0.3) is 0 Å². The highest BCUT2D eigenvalue weighted by molar-refractivity contribution is 9.10. The average molecular weight is 341 g/mol. The second kappa shape index (κ2) is 6.83. The van der Waals surface area contributed by atoms with Gasteiger partial charge in [-0.2, -0.15) is 0 Å². The number of hydrogen-bond acceptors (Lipinski definition) is 2. The third-order valence-electron chi connectivity index (χ3n) is 2.60. The summed E-state index contributed by atoms with van der Waals surface area (Å²) < 4.78 is 6.69. The molecule has 0 unspecified atom stereocenters. The van der Waals surface area contributed by atoms with Crippen LogP contribution >= 0.6 is 27.5 Å². The van der Waals surface area contributed by atoms with Crippen LogP contribution in [-0.2, 0) is 0 Å². The summed E-state index contributed by atoms with van der Waals surface area (Å²) in [6, 6.07) is 13.8. The van der Waals surface area contributed by atoms with Gasteiger partial charge in [-0.1, -0.05) is 39.7 Å². The van der Waals surface area contributed by atoms with Gasteiger partial charge in [0.15, 0.2) is 0 Å². The average Bonchev–Trinajstić information content (AvgIpc) is 2.37.